The van der Waals surface area contributed by atoms with Gasteiger partial charge in [0.15, 0.2) is 0 Å². The monoisotopic (exact) mass is 327 g/mol. The molecule has 0 spiro atoms. The number of hydrogen-bond donors (Lipinski definition) is 1. The summed E-state index contributed by atoms with van der Waals surface area (Å²) in [7, 11) is 0. The fraction of sp³-hybridized carbons (Fsp3) is 0.368. The Morgan fingerprint density at radius 3 is 2.88 bits per heavy atom. The smallest absolute Gasteiger partial charge is 0.310 e. The first-order valence-corrected chi connectivity index (χ1v) is 8.28. The molecule has 1 fully saturated rings. The predicted molar refractivity (Wildman–Crippen MR) is 90.9 cm³/mol. The van der Waals surface area contributed by atoms with Gasteiger partial charge in [-0.05, 0) is 37.3 Å². The molecule has 126 valence electrons. The number of hydrogen-bond acceptors (Lipinski definition) is 4. The Morgan fingerprint density at radius 1 is 1.29 bits per heavy atom. The number of rotatable bonds is 3. The van der Waals surface area contributed by atoms with Gasteiger partial charge < -0.3 is 14.7 Å². The summed E-state index contributed by atoms with van der Waals surface area (Å²) in [6, 6.07) is 10.7. The van der Waals surface area contributed by atoms with Crippen LogP contribution in [0.5, 0.6) is 5.75 Å². The van der Waals surface area contributed by atoms with Gasteiger partial charge in [0.1, 0.15) is 5.75 Å². The second kappa shape index (κ2) is 6.91. The lowest BCUT2D eigenvalue weighted by atomic mass is 9.97. The molecule has 1 N–H and O–H groups in total. The highest BCUT2D eigenvalue weighted by Gasteiger charge is 2.30. The van der Waals surface area contributed by atoms with Crippen molar-refractivity contribution in [2.75, 3.05) is 19.7 Å². The third kappa shape index (κ3) is 3.20. The largest absolute Gasteiger partial charge is 0.507 e. The highest BCUT2D eigenvalue weighted by Crippen LogP contribution is 2.28. The molecule has 1 saturated heterocycles. The first-order valence-electron chi connectivity index (χ1n) is 8.28. The maximum atomic E-state index is 12.8. The first kappa shape index (κ1) is 16.3. The summed E-state index contributed by atoms with van der Waals surface area (Å²) in [6.07, 6.45) is 1.51. The molecule has 5 heteroatoms. The van der Waals surface area contributed by atoms with Gasteiger partial charge in [-0.15, -0.1) is 0 Å². The molecule has 0 radical (unpaired) electrons. The number of phenols is 1. The zero-order valence-electron chi connectivity index (χ0n) is 13.7. The number of nitrogens with zero attached hydrogens (tertiary/aromatic N) is 1. The van der Waals surface area contributed by atoms with Crippen molar-refractivity contribution in [2.45, 2.75) is 19.8 Å². The van der Waals surface area contributed by atoms with Gasteiger partial charge in [-0.2, -0.15) is 0 Å². The van der Waals surface area contributed by atoms with E-state index in [9.17, 15) is 14.7 Å². The van der Waals surface area contributed by atoms with Crippen LogP contribution in [0.3, 0.4) is 0 Å². The number of aromatic hydroxyl groups is 1. The van der Waals surface area contributed by atoms with E-state index in [4.69, 9.17) is 4.74 Å². The molecule has 1 atom stereocenters. The molecule has 0 unspecified atom stereocenters. The molecule has 1 aliphatic heterocycles. The number of amides is 1. The SMILES string of the molecule is CCOC(=O)[C@@H]1CCCN(C(=O)c2cc(O)c3ccccc3c2)C1. The molecule has 5 nitrogen and oxygen atoms in total. The number of ether oxygens (including phenoxy) is 1. The van der Waals surface area contributed by atoms with Crippen LogP contribution < -0.4 is 0 Å². The number of benzene rings is 2. The summed E-state index contributed by atoms with van der Waals surface area (Å²) in [5.41, 5.74) is 0.440. The molecule has 3 rings (SSSR count). The highest BCUT2D eigenvalue weighted by molar-refractivity contribution is 6.01. The zero-order chi connectivity index (χ0) is 17.1. The summed E-state index contributed by atoms with van der Waals surface area (Å²) in [5.74, 6) is -0.575. The number of fused-ring (bicyclic) bond motifs is 1. The fourth-order valence-electron chi connectivity index (χ4n) is 3.21. The minimum atomic E-state index is -0.267. The van der Waals surface area contributed by atoms with E-state index in [-0.39, 0.29) is 23.5 Å². The molecule has 0 aromatic heterocycles. The Kier molecular flexibility index (Phi) is 4.69. The topological polar surface area (TPSA) is 66.8 Å². The highest BCUT2D eigenvalue weighted by atomic mass is 16.5. The number of piperidine rings is 1. The average Bonchev–Trinajstić information content (AvgIpc) is 2.61. The lowest BCUT2D eigenvalue weighted by molar-refractivity contribution is -0.149. The first-order chi connectivity index (χ1) is 11.6. The van der Waals surface area contributed by atoms with Gasteiger partial charge in [-0.1, -0.05) is 24.3 Å². The molecule has 0 saturated carbocycles. The van der Waals surface area contributed by atoms with E-state index in [1.165, 1.54) is 6.07 Å². The van der Waals surface area contributed by atoms with Gasteiger partial charge in [0.25, 0.3) is 5.91 Å². The molecular formula is C19H21NO4. The van der Waals surface area contributed by atoms with Crippen LogP contribution >= 0.6 is 0 Å². The number of esters is 1. The quantitative estimate of drug-likeness (QED) is 0.880. The molecule has 24 heavy (non-hydrogen) atoms. The molecule has 2 aromatic carbocycles. The Labute approximate surface area is 140 Å². The average molecular weight is 327 g/mol. The molecular weight excluding hydrogens is 306 g/mol. The Bertz CT molecular complexity index is 771. The number of carbonyl (C=O) groups is 2. The number of carbonyl (C=O) groups excluding carboxylic acids is 2. The van der Waals surface area contributed by atoms with Gasteiger partial charge in [0.2, 0.25) is 0 Å². The van der Waals surface area contributed by atoms with Crippen molar-refractivity contribution < 1.29 is 19.4 Å². The van der Waals surface area contributed by atoms with Crippen molar-refractivity contribution in [3.63, 3.8) is 0 Å². The van der Waals surface area contributed by atoms with Crippen molar-refractivity contribution >= 4 is 22.6 Å². The molecule has 1 amide bonds. The van der Waals surface area contributed by atoms with Crippen molar-refractivity contribution in [1.82, 2.24) is 4.90 Å². The van der Waals surface area contributed by atoms with Crippen LogP contribution in [0.1, 0.15) is 30.1 Å². The van der Waals surface area contributed by atoms with Crippen molar-refractivity contribution in [3.05, 3.63) is 42.0 Å². The van der Waals surface area contributed by atoms with E-state index < -0.39 is 0 Å². The fourth-order valence-corrected chi connectivity index (χ4v) is 3.21. The van der Waals surface area contributed by atoms with E-state index in [1.807, 2.05) is 24.3 Å². The summed E-state index contributed by atoms with van der Waals surface area (Å²) in [5, 5.41) is 11.7. The van der Waals surface area contributed by atoms with E-state index in [0.29, 0.717) is 25.3 Å². The zero-order valence-corrected chi connectivity index (χ0v) is 13.7. The van der Waals surface area contributed by atoms with E-state index in [2.05, 4.69) is 0 Å². The Morgan fingerprint density at radius 2 is 2.08 bits per heavy atom. The maximum Gasteiger partial charge on any atom is 0.310 e. The van der Waals surface area contributed by atoms with E-state index in [0.717, 1.165) is 23.6 Å². The lowest BCUT2D eigenvalue weighted by Crippen LogP contribution is -2.42. The van der Waals surface area contributed by atoms with Crippen molar-refractivity contribution in [3.8, 4) is 5.75 Å². The molecule has 0 bridgehead atoms. The number of phenolic OH excluding ortho intramolecular Hbond substituents is 1. The normalized spacial score (nSPS) is 17.7. The van der Waals surface area contributed by atoms with Crippen LogP contribution in [0, 0.1) is 5.92 Å². The second-order valence-corrected chi connectivity index (χ2v) is 6.06. The second-order valence-electron chi connectivity index (χ2n) is 6.06. The summed E-state index contributed by atoms with van der Waals surface area (Å²) in [4.78, 5) is 26.4. The van der Waals surface area contributed by atoms with Crippen LogP contribution in [-0.4, -0.2) is 41.6 Å². The maximum absolute atomic E-state index is 12.8. The minimum Gasteiger partial charge on any atom is -0.507 e. The molecule has 1 heterocycles. The summed E-state index contributed by atoms with van der Waals surface area (Å²) < 4.78 is 5.08. The van der Waals surface area contributed by atoms with Gasteiger partial charge in [0.05, 0.1) is 12.5 Å². The van der Waals surface area contributed by atoms with E-state index >= 15 is 0 Å². The van der Waals surface area contributed by atoms with Crippen LogP contribution in [-0.2, 0) is 9.53 Å². The minimum absolute atomic E-state index is 0.0930. The van der Waals surface area contributed by atoms with E-state index in [1.54, 1.807) is 17.9 Å². The standard InChI is InChI=1S/C19H21NO4/c1-2-24-19(23)14-7-5-9-20(12-14)18(22)15-10-13-6-3-4-8-16(13)17(21)11-15/h3-4,6,8,10-11,14,21H,2,5,7,9,12H2,1H3/t14-/m1/s1. The Hall–Kier alpha value is -2.56. The summed E-state index contributed by atoms with van der Waals surface area (Å²) in [6.45, 7) is 3.11. The van der Waals surface area contributed by atoms with Crippen molar-refractivity contribution in [1.29, 1.82) is 0 Å². The van der Waals surface area contributed by atoms with Crippen LogP contribution in [0.4, 0.5) is 0 Å². The third-order valence-corrected chi connectivity index (χ3v) is 4.42. The lowest BCUT2D eigenvalue weighted by Gasteiger charge is -2.31. The molecule has 1 aliphatic rings. The van der Waals surface area contributed by atoms with Crippen LogP contribution in [0.2, 0.25) is 0 Å². The van der Waals surface area contributed by atoms with Gasteiger partial charge in [-0.3, -0.25) is 9.59 Å². The van der Waals surface area contributed by atoms with Gasteiger partial charge in [0, 0.05) is 24.0 Å². The predicted octanol–water partition coefficient (Wildman–Crippen LogP) is 2.96. The Balaban J connectivity index is 1.82. The summed E-state index contributed by atoms with van der Waals surface area (Å²) >= 11 is 0. The third-order valence-electron chi connectivity index (χ3n) is 4.42. The molecule has 0 aliphatic carbocycles. The van der Waals surface area contributed by atoms with Crippen LogP contribution in [0.15, 0.2) is 36.4 Å². The molecule has 2 aromatic rings. The van der Waals surface area contributed by atoms with Crippen molar-refractivity contribution in [2.24, 2.45) is 5.92 Å². The van der Waals surface area contributed by atoms with Crippen LogP contribution in [0.25, 0.3) is 10.8 Å². The van der Waals surface area contributed by atoms with Gasteiger partial charge >= 0.3 is 5.97 Å². The number of likely N-dealkylation sites (tertiary alicyclic amines) is 1. The van der Waals surface area contributed by atoms with Gasteiger partial charge in [-0.25, -0.2) is 0 Å².